The summed E-state index contributed by atoms with van der Waals surface area (Å²) in [6.45, 7) is 6.85. The molecule has 0 unspecified atom stereocenters. The van der Waals surface area contributed by atoms with Gasteiger partial charge in [-0.05, 0) is 49.1 Å². The fourth-order valence-electron chi connectivity index (χ4n) is 3.44. The largest absolute Gasteiger partial charge is 0.493 e. The number of rotatable bonds is 9. The predicted octanol–water partition coefficient (Wildman–Crippen LogP) is 3.64. The number of aromatic nitrogens is 3. The van der Waals surface area contributed by atoms with Crippen molar-refractivity contribution in [3.05, 3.63) is 65.7 Å². The second-order valence-corrected chi connectivity index (χ2v) is 10.3. The maximum absolute atomic E-state index is 12.9. The Labute approximate surface area is 195 Å². The molecule has 3 aromatic rings. The molecule has 0 atom stereocenters. The highest BCUT2D eigenvalue weighted by atomic mass is 32.2. The van der Waals surface area contributed by atoms with Crippen LogP contribution in [0.1, 0.15) is 48.2 Å². The SMILES string of the molecule is Cc1nc(C(=O)N(C)CCCOc2cccc(S(C)(=O)=O)c2)nn1-c1ccccc1C(C)C. The Morgan fingerprint density at radius 1 is 1.15 bits per heavy atom. The molecule has 1 aromatic heterocycles. The van der Waals surface area contributed by atoms with Crippen molar-refractivity contribution in [2.24, 2.45) is 0 Å². The number of sulfone groups is 1. The Hall–Kier alpha value is -3.20. The normalized spacial score (nSPS) is 11.6. The van der Waals surface area contributed by atoms with E-state index in [2.05, 4.69) is 30.0 Å². The van der Waals surface area contributed by atoms with E-state index in [1.165, 1.54) is 12.1 Å². The van der Waals surface area contributed by atoms with Crippen LogP contribution < -0.4 is 4.74 Å². The van der Waals surface area contributed by atoms with Gasteiger partial charge in [0.15, 0.2) is 9.84 Å². The fraction of sp³-hybridized carbons (Fsp3) is 0.375. The van der Waals surface area contributed by atoms with E-state index < -0.39 is 9.84 Å². The average Bonchev–Trinajstić information content (AvgIpc) is 3.17. The summed E-state index contributed by atoms with van der Waals surface area (Å²) in [6.07, 6.45) is 1.73. The van der Waals surface area contributed by atoms with Crippen LogP contribution in [0.5, 0.6) is 5.75 Å². The molecular weight excluding hydrogens is 440 g/mol. The highest BCUT2D eigenvalue weighted by Gasteiger charge is 2.20. The molecule has 1 heterocycles. The molecule has 0 fully saturated rings. The molecule has 0 spiro atoms. The van der Waals surface area contributed by atoms with Gasteiger partial charge in [-0.3, -0.25) is 4.79 Å². The summed E-state index contributed by atoms with van der Waals surface area (Å²) in [4.78, 5) is 19.0. The van der Waals surface area contributed by atoms with E-state index >= 15 is 0 Å². The molecule has 3 rings (SSSR count). The topological polar surface area (TPSA) is 94.4 Å². The standard InChI is InChI=1S/C24H30N4O4S/c1-17(2)21-12-6-7-13-22(21)28-18(3)25-23(26-28)24(29)27(4)14-9-15-32-19-10-8-11-20(16-19)33(5,30)31/h6-8,10-13,16-17H,9,14-15H2,1-5H3. The first-order valence-electron chi connectivity index (χ1n) is 10.8. The number of carbonyl (C=O) groups is 1. The van der Waals surface area contributed by atoms with Crippen LogP contribution in [0.2, 0.25) is 0 Å². The summed E-state index contributed by atoms with van der Waals surface area (Å²) in [5.41, 5.74) is 2.05. The van der Waals surface area contributed by atoms with Crippen LogP contribution in [0, 0.1) is 6.92 Å². The zero-order valence-electron chi connectivity index (χ0n) is 19.6. The first-order valence-corrected chi connectivity index (χ1v) is 12.7. The van der Waals surface area contributed by atoms with Crippen LogP contribution >= 0.6 is 0 Å². The smallest absolute Gasteiger partial charge is 0.293 e. The van der Waals surface area contributed by atoms with Gasteiger partial charge in [-0.1, -0.05) is 38.1 Å². The van der Waals surface area contributed by atoms with Crippen molar-refractivity contribution in [1.29, 1.82) is 0 Å². The van der Waals surface area contributed by atoms with E-state index in [0.717, 1.165) is 17.5 Å². The Morgan fingerprint density at radius 3 is 2.58 bits per heavy atom. The molecule has 0 saturated carbocycles. The molecule has 0 aliphatic heterocycles. The Morgan fingerprint density at radius 2 is 1.88 bits per heavy atom. The maximum atomic E-state index is 12.9. The molecule has 0 radical (unpaired) electrons. The van der Waals surface area contributed by atoms with Crippen LogP contribution in [-0.4, -0.2) is 60.4 Å². The van der Waals surface area contributed by atoms with Crippen molar-refractivity contribution in [1.82, 2.24) is 19.7 Å². The molecule has 0 saturated heterocycles. The van der Waals surface area contributed by atoms with E-state index in [0.29, 0.717) is 37.1 Å². The summed E-state index contributed by atoms with van der Waals surface area (Å²) in [7, 11) is -1.59. The van der Waals surface area contributed by atoms with E-state index in [-0.39, 0.29) is 16.6 Å². The average molecular weight is 471 g/mol. The minimum absolute atomic E-state index is 0.148. The lowest BCUT2D eigenvalue weighted by molar-refractivity contribution is 0.0776. The fourth-order valence-corrected chi connectivity index (χ4v) is 4.09. The van der Waals surface area contributed by atoms with Gasteiger partial charge in [0.1, 0.15) is 11.6 Å². The predicted molar refractivity (Wildman–Crippen MR) is 127 cm³/mol. The van der Waals surface area contributed by atoms with E-state index in [9.17, 15) is 13.2 Å². The molecule has 176 valence electrons. The van der Waals surface area contributed by atoms with E-state index in [1.54, 1.807) is 28.8 Å². The molecule has 8 nitrogen and oxygen atoms in total. The maximum Gasteiger partial charge on any atom is 0.293 e. The third kappa shape index (κ3) is 5.98. The van der Waals surface area contributed by atoms with E-state index in [1.807, 2.05) is 25.1 Å². The molecule has 1 amide bonds. The first-order chi connectivity index (χ1) is 15.6. The number of para-hydroxylation sites is 1. The van der Waals surface area contributed by atoms with Gasteiger partial charge >= 0.3 is 0 Å². The molecule has 0 bridgehead atoms. The van der Waals surface area contributed by atoms with Crippen molar-refractivity contribution < 1.29 is 17.9 Å². The molecule has 0 N–H and O–H groups in total. The zero-order chi connectivity index (χ0) is 24.2. The molecule has 33 heavy (non-hydrogen) atoms. The van der Waals surface area contributed by atoms with Crippen LogP contribution in [0.4, 0.5) is 0 Å². The number of nitrogens with zero attached hydrogens (tertiary/aromatic N) is 4. The van der Waals surface area contributed by atoms with Gasteiger partial charge in [-0.15, -0.1) is 5.10 Å². The first kappa shape index (κ1) is 24.4. The molecule has 0 aliphatic rings. The van der Waals surface area contributed by atoms with Crippen LogP contribution in [0.25, 0.3) is 5.69 Å². The summed E-state index contributed by atoms with van der Waals surface area (Å²) in [5, 5.41) is 4.48. The minimum Gasteiger partial charge on any atom is -0.493 e. The third-order valence-corrected chi connectivity index (χ3v) is 6.34. The molecular formula is C24H30N4O4S. The van der Waals surface area contributed by atoms with Crippen molar-refractivity contribution in [2.45, 2.75) is 38.0 Å². The van der Waals surface area contributed by atoms with Crippen molar-refractivity contribution in [3.63, 3.8) is 0 Å². The summed E-state index contributed by atoms with van der Waals surface area (Å²) >= 11 is 0. The highest BCUT2D eigenvalue weighted by Crippen LogP contribution is 2.23. The lowest BCUT2D eigenvalue weighted by atomic mass is 10.0. The Bertz CT molecular complexity index is 1230. The molecule has 2 aromatic carbocycles. The third-order valence-electron chi connectivity index (χ3n) is 5.23. The Balaban J connectivity index is 1.61. The van der Waals surface area contributed by atoms with Crippen LogP contribution in [0.15, 0.2) is 53.4 Å². The Kier molecular flexibility index (Phi) is 7.53. The van der Waals surface area contributed by atoms with Crippen LogP contribution in [0.3, 0.4) is 0 Å². The minimum atomic E-state index is -3.29. The summed E-state index contributed by atoms with van der Waals surface area (Å²) in [6, 6.07) is 14.3. The van der Waals surface area contributed by atoms with Gasteiger partial charge in [0.25, 0.3) is 5.91 Å². The molecule has 0 aliphatic carbocycles. The van der Waals surface area contributed by atoms with Gasteiger partial charge in [-0.2, -0.15) is 0 Å². The van der Waals surface area contributed by atoms with Gasteiger partial charge in [-0.25, -0.2) is 18.1 Å². The van der Waals surface area contributed by atoms with Gasteiger partial charge in [0.2, 0.25) is 5.82 Å². The number of hydrogen-bond acceptors (Lipinski definition) is 6. The van der Waals surface area contributed by atoms with Crippen LogP contribution in [-0.2, 0) is 9.84 Å². The monoisotopic (exact) mass is 470 g/mol. The highest BCUT2D eigenvalue weighted by molar-refractivity contribution is 7.90. The van der Waals surface area contributed by atoms with E-state index in [4.69, 9.17) is 4.74 Å². The number of benzene rings is 2. The summed E-state index contributed by atoms with van der Waals surface area (Å²) in [5.74, 6) is 1.32. The zero-order valence-corrected chi connectivity index (χ0v) is 20.5. The second-order valence-electron chi connectivity index (χ2n) is 8.28. The van der Waals surface area contributed by atoms with Gasteiger partial charge in [0, 0.05) is 19.8 Å². The van der Waals surface area contributed by atoms with Gasteiger partial charge < -0.3 is 9.64 Å². The molecule has 9 heteroatoms. The van der Waals surface area contributed by atoms with Crippen molar-refractivity contribution >= 4 is 15.7 Å². The lowest BCUT2D eigenvalue weighted by Gasteiger charge is -2.15. The number of aryl methyl sites for hydroxylation is 1. The number of hydrogen-bond donors (Lipinski definition) is 0. The van der Waals surface area contributed by atoms with Crippen molar-refractivity contribution in [2.75, 3.05) is 26.5 Å². The second kappa shape index (κ2) is 10.2. The number of ether oxygens (including phenoxy) is 1. The number of amides is 1. The van der Waals surface area contributed by atoms with Crippen molar-refractivity contribution in [3.8, 4) is 11.4 Å². The lowest BCUT2D eigenvalue weighted by Crippen LogP contribution is -2.29. The quantitative estimate of drug-likeness (QED) is 0.443. The number of carbonyl (C=O) groups excluding carboxylic acids is 1. The van der Waals surface area contributed by atoms with Gasteiger partial charge in [0.05, 0.1) is 17.2 Å². The summed E-state index contributed by atoms with van der Waals surface area (Å²) < 4.78 is 30.7.